The molecule has 2 heterocycles. The van der Waals surface area contributed by atoms with Gasteiger partial charge in [0.15, 0.2) is 0 Å². The number of benzene rings is 1. The molecule has 2 aromatic heterocycles. The smallest absolute Gasteiger partial charge is 0.256 e. The van der Waals surface area contributed by atoms with Crippen molar-refractivity contribution in [3.63, 3.8) is 0 Å². The molecule has 0 fully saturated rings. The summed E-state index contributed by atoms with van der Waals surface area (Å²) in [6.45, 7) is 0. The molecule has 0 spiro atoms. The Morgan fingerprint density at radius 2 is 1.62 bits per heavy atom. The van der Waals surface area contributed by atoms with E-state index in [1.807, 2.05) is 42.1 Å². The third kappa shape index (κ3) is 5.33. The van der Waals surface area contributed by atoms with Crippen molar-refractivity contribution in [1.29, 1.82) is 0 Å². The summed E-state index contributed by atoms with van der Waals surface area (Å²) < 4.78 is 1.73. The maximum absolute atomic E-state index is 12.3. The van der Waals surface area contributed by atoms with E-state index < -0.39 is 0 Å². The SMILES string of the molecule is O=c1cccc(CCCCCCSc2ccccc2)n1-c1ccccn1. The van der Waals surface area contributed by atoms with Gasteiger partial charge in [-0.05, 0) is 55.3 Å². The topological polar surface area (TPSA) is 34.9 Å². The molecule has 0 bridgehead atoms. The van der Waals surface area contributed by atoms with E-state index in [9.17, 15) is 4.79 Å². The highest BCUT2D eigenvalue weighted by atomic mass is 32.2. The van der Waals surface area contributed by atoms with E-state index in [-0.39, 0.29) is 5.56 Å². The molecule has 4 heteroatoms. The Hall–Kier alpha value is -2.33. The van der Waals surface area contributed by atoms with Crippen LogP contribution < -0.4 is 5.56 Å². The number of aromatic nitrogens is 2. The van der Waals surface area contributed by atoms with Crippen LogP contribution in [0.4, 0.5) is 0 Å². The van der Waals surface area contributed by atoms with E-state index in [0.717, 1.165) is 24.3 Å². The molecule has 0 saturated carbocycles. The molecule has 3 rings (SSSR count). The molecule has 0 aliphatic carbocycles. The second-order valence-corrected chi connectivity index (χ2v) is 7.37. The molecule has 0 aliphatic heterocycles. The maximum Gasteiger partial charge on any atom is 0.256 e. The van der Waals surface area contributed by atoms with Crippen molar-refractivity contribution in [3.05, 3.63) is 89.0 Å². The van der Waals surface area contributed by atoms with Crippen LogP contribution in [0.5, 0.6) is 0 Å². The minimum Gasteiger partial charge on any atom is -0.269 e. The molecule has 0 radical (unpaired) electrons. The van der Waals surface area contributed by atoms with E-state index >= 15 is 0 Å². The molecule has 0 N–H and O–H groups in total. The normalized spacial score (nSPS) is 10.8. The summed E-state index contributed by atoms with van der Waals surface area (Å²) in [4.78, 5) is 17.9. The van der Waals surface area contributed by atoms with Gasteiger partial charge < -0.3 is 0 Å². The standard InChI is InChI=1S/C22H24N2OS/c25-22-16-10-12-19(24(22)21-15-7-8-17-23-21)11-4-1-2-9-18-26-20-13-5-3-6-14-20/h3,5-8,10,12-17H,1-2,4,9,11,18H2. The number of pyridine rings is 2. The van der Waals surface area contributed by atoms with Crippen LogP contribution in [0.2, 0.25) is 0 Å². The summed E-state index contributed by atoms with van der Waals surface area (Å²) in [5.41, 5.74) is 1.02. The lowest BCUT2D eigenvalue weighted by atomic mass is 10.1. The second-order valence-electron chi connectivity index (χ2n) is 6.20. The second kappa shape index (κ2) is 9.97. The van der Waals surface area contributed by atoms with Crippen molar-refractivity contribution >= 4 is 11.8 Å². The van der Waals surface area contributed by atoms with Gasteiger partial charge in [-0.2, -0.15) is 0 Å². The van der Waals surface area contributed by atoms with Gasteiger partial charge in [-0.25, -0.2) is 4.98 Å². The molecule has 26 heavy (non-hydrogen) atoms. The average molecular weight is 365 g/mol. The lowest BCUT2D eigenvalue weighted by Gasteiger charge is -2.11. The Morgan fingerprint density at radius 3 is 2.42 bits per heavy atom. The van der Waals surface area contributed by atoms with E-state index in [1.54, 1.807) is 16.8 Å². The Balaban J connectivity index is 1.45. The molecule has 0 unspecified atom stereocenters. The highest BCUT2D eigenvalue weighted by Gasteiger charge is 2.06. The van der Waals surface area contributed by atoms with Crippen LogP contribution in [0.25, 0.3) is 5.82 Å². The number of unbranched alkanes of at least 4 members (excludes halogenated alkanes) is 3. The summed E-state index contributed by atoms with van der Waals surface area (Å²) in [6.07, 6.45) is 7.34. The summed E-state index contributed by atoms with van der Waals surface area (Å²) in [7, 11) is 0. The molecule has 3 nitrogen and oxygen atoms in total. The van der Waals surface area contributed by atoms with E-state index in [0.29, 0.717) is 5.82 Å². The van der Waals surface area contributed by atoms with Gasteiger partial charge in [0, 0.05) is 22.9 Å². The van der Waals surface area contributed by atoms with Gasteiger partial charge in [0.2, 0.25) is 0 Å². The van der Waals surface area contributed by atoms with Crippen molar-refractivity contribution in [2.45, 2.75) is 37.0 Å². The summed E-state index contributed by atoms with van der Waals surface area (Å²) in [6, 6.07) is 21.7. The molecule has 134 valence electrons. The summed E-state index contributed by atoms with van der Waals surface area (Å²) in [5, 5.41) is 0. The summed E-state index contributed by atoms with van der Waals surface area (Å²) >= 11 is 1.92. The molecule has 0 amide bonds. The first-order valence-corrected chi connectivity index (χ1v) is 10.1. The third-order valence-corrected chi connectivity index (χ3v) is 5.35. The van der Waals surface area contributed by atoms with Gasteiger partial charge in [-0.15, -0.1) is 11.8 Å². The molecule has 0 aliphatic rings. The Morgan fingerprint density at radius 1 is 0.808 bits per heavy atom. The zero-order valence-corrected chi connectivity index (χ0v) is 15.7. The zero-order chi connectivity index (χ0) is 18.0. The molecule has 0 atom stereocenters. The monoisotopic (exact) mass is 364 g/mol. The lowest BCUT2D eigenvalue weighted by molar-refractivity contribution is 0.652. The van der Waals surface area contributed by atoms with E-state index in [2.05, 4.69) is 35.3 Å². The van der Waals surface area contributed by atoms with E-state index in [4.69, 9.17) is 0 Å². The van der Waals surface area contributed by atoms with Crippen molar-refractivity contribution < 1.29 is 0 Å². The number of thioether (sulfide) groups is 1. The van der Waals surface area contributed by atoms with Gasteiger partial charge in [-0.1, -0.05) is 43.2 Å². The first-order chi connectivity index (χ1) is 12.8. The van der Waals surface area contributed by atoms with Crippen LogP contribution in [0.3, 0.4) is 0 Å². The Labute approximate surface area is 159 Å². The number of rotatable bonds is 9. The van der Waals surface area contributed by atoms with Gasteiger partial charge in [0.05, 0.1) is 0 Å². The number of nitrogens with zero attached hydrogens (tertiary/aromatic N) is 2. The molecule has 0 saturated heterocycles. The first kappa shape index (κ1) is 18.5. The quantitative estimate of drug-likeness (QED) is 0.390. The third-order valence-electron chi connectivity index (χ3n) is 4.25. The summed E-state index contributed by atoms with van der Waals surface area (Å²) in [5.74, 6) is 1.86. The Kier molecular flexibility index (Phi) is 7.08. The molecule has 3 aromatic rings. The molecule has 1 aromatic carbocycles. The van der Waals surface area contributed by atoms with Crippen LogP contribution in [0, 0.1) is 0 Å². The minimum atomic E-state index is -0.0135. The number of hydrogen-bond acceptors (Lipinski definition) is 3. The van der Waals surface area contributed by atoms with Crippen molar-refractivity contribution in [1.82, 2.24) is 9.55 Å². The van der Waals surface area contributed by atoms with Gasteiger partial charge >= 0.3 is 0 Å². The predicted molar refractivity (Wildman–Crippen MR) is 109 cm³/mol. The molecular formula is C22H24N2OS. The van der Waals surface area contributed by atoms with Gasteiger partial charge in [-0.3, -0.25) is 9.36 Å². The number of hydrogen-bond donors (Lipinski definition) is 0. The van der Waals surface area contributed by atoms with Crippen molar-refractivity contribution in [2.24, 2.45) is 0 Å². The average Bonchev–Trinajstić information content (AvgIpc) is 2.69. The van der Waals surface area contributed by atoms with Crippen LogP contribution in [-0.4, -0.2) is 15.3 Å². The zero-order valence-electron chi connectivity index (χ0n) is 14.9. The first-order valence-electron chi connectivity index (χ1n) is 9.15. The fraction of sp³-hybridized carbons (Fsp3) is 0.273. The van der Waals surface area contributed by atoms with Crippen molar-refractivity contribution in [2.75, 3.05) is 5.75 Å². The maximum atomic E-state index is 12.3. The van der Waals surface area contributed by atoms with Gasteiger partial charge in [0.1, 0.15) is 5.82 Å². The lowest BCUT2D eigenvalue weighted by Crippen LogP contribution is -2.21. The largest absolute Gasteiger partial charge is 0.269 e. The predicted octanol–water partition coefficient (Wildman–Crippen LogP) is 5.13. The highest BCUT2D eigenvalue weighted by molar-refractivity contribution is 7.99. The fourth-order valence-corrected chi connectivity index (χ4v) is 3.88. The number of aryl methyl sites for hydroxylation is 1. The molecular weight excluding hydrogens is 340 g/mol. The van der Waals surface area contributed by atoms with Crippen LogP contribution >= 0.6 is 11.8 Å². The highest BCUT2D eigenvalue weighted by Crippen LogP contribution is 2.19. The minimum absolute atomic E-state index is 0.0135. The van der Waals surface area contributed by atoms with Crippen LogP contribution in [0.15, 0.2) is 82.6 Å². The fourth-order valence-electron chi connectivity index (χ4n) is 2.94. The van der Waals surface area contributed by atoms with Gasteiger partial charge in [0.25, 0.3) is 5.56 Å². The van der Waals surface area contributed by atoms with Crippen LogP contribution in [0.1, 0.15) is 31.4 Å². The van der Waals surface area contributed by atoms with Crippen LogP contribution in [-0.2, 0) is 6.42 Å². The van der Waals surface area contributed by atoms with E-state index in [1.165, 1.54) is 24.2 Å². The Bertz CT molecular complexity index is 847. The van der Waals surface area contributed by atoms with Crippen molar-refractivity contribution in [3.8, 4) is 5.82 Å².